The first kappa shape index (κ1) is 19.9. The number of hydrogen-bond donors (Lipinski definition) is 1. The molecule has 0 aliphatic carbocycles. The van der Waals surface area contributed by atoms with Gasteiger partial charge in [-0.1, -0.05) is 5.16 Å². The molecule has 2 fully saturated rings. The molecular formula is C19H23N7O4. The molecule has 0 bridgehead atoms. The molecule has 11 heteroatoms. The van der Waals surface area contributed by atoms with E-state index in [9.17, 15) is 14.4 Å². The molecule has 11 nitrogen and oxygen atoms in total. The summed E-state index contributed by atoms with van der Waals surface area (Å²) in [6.45, 7) is 1.98. The summed E-state index contributed by atoms with van der Waals surface area (Å²) in [5, 5.41) is 6.24. The Morgan fingerprint density at radius 3 is 2.97 bits per heavy atom. The van der Waals surface area contributed by atoms with E-state index in [1.807, 2.05) is 4.90 Å². The molecule has 158 valence electrons. The molecule has 4 amide bonds. The number of hydrogen-bond acceptors (Lipinski definition) is 8. The van der Waals surface area contributed by atoms with E-state index in [0.717, 1.165) is 12.8 Å². The van der Waals surface area contributed by atoms with Crippen LogP contribution in [0.3, 0.4) is 0 Å². The van der Waals surface area contributed by atoms with Gasteiger partial charge in [-0.05, 0) is 18.8 Å². The van der Waals surface area contributed by atoms with Gasteiger partial charge in [-0.2, -0.15) is 4.98 Å². The van der Waals surface area contributed by atoms with Crippen molar-refractivity contribution in [2.45, 2.75) is 32.1 Å². The van der Waals surface area contributed by atoms with Gasteiger partial charge in [-0.15, -0.1) is 0 Å². The number of carbonyl (C=O) groups is 3. The summed E-state index contributed by atoms with van der Waals surface area (Å²) < 4.78 is 5.35. The van der Waals surface area contributed by atoms with Gasteiger partial charge in [0, 0.05) is 57.8 Å². The molecule has 2 aromatic heterocycles. The Morgan fingerprint density at radius 1 is 1.27 bits per heavy atom. The van der Waals surface area contributed by atoms with E-state index < -0.39 is 6.03 Å². The maximum atomic E-state index is 12.6. The van der Waals surface area contributed by atoms with Crippen LogP contribution >= 0.6 is 0 Å². The van der Waals surface area contributed by atoms with E-state index in [1.54, 1.807) is 18.6 Å². The summed E-state index contributed by atoms with van der Waals surface area (Å²) in [6.07, 6.45) is 7.71. The molecule has 0 saturated carbocycles. The minimum absolute atomic E-state index is 0.00942. The largest absolute Gasteiger partial charge is 0.342 e. The molecule has 1 unspecified atom stereocenters. The number of rotatable bonds is 6. The Labute approximate surface area is 172 Å². The first-order chi connectivity index (χ1) is 14.6. The number of carbonyl (C=O) groups excluding carboxylic acids is 3. The normalized spacial score (nSPS) is 19.7. The van der Waals surface area contributed by atoms with Crippen LogP contribution in [0.4, 0.5) is 4.79 Å². The highest BCUT2D eigenvalue weighted by atomic mass is 16.5. The molecule has 0 aromatic carbocycles. The molecular weight excluding hydrogens is 390 g/mol. The fourth-order valence-corrected chi connectivity index (χ4v) is 3.76. The van der Waals surface area contributed by atoms with Crippen LogP contribution in [0.1, 0.15) is 31.6 Å². The van der Waals surface area contributed by atoms with Gasteiger partial charge in [0.15, 0.2) is 0 Å². The number of amides is 4. The summed E-state index contributed by atoms with van der Waals surface area (Å²) >= 11 is 0. The van der Waals surface area contributed by atoms with E-state index >= 15 is 0 Å². The topological polar surface area (TPSA) is 134 Å². The van der Waals surface area contributed by atoms with Crippen LogP contribution in [0, 0.1) is 5.92 Å². The van der Waals surface area contributed by atoms with Gasteiger partial charge in [-0.3, -0.25) is 19.9 Å². The Balaban J connectivity index is 1.28. The van der Waals surface area contributed by atoms with E-state index in [2.05, 4.69) is 25.4 Å². The third kappa shape index (κ3) is 4.78. The van der Waals surface area contributed by atoms with Crippen LogP contribution < -0.4 is 5.32 Å². The van der Waals surface area contributed by atoms with Crippen LogP contribution in [-0.4, -0.2) is 73.9 Å². The zero-order valence-electron chi connectivity index (χ0n) is 16.5. The van der Waals surface area contributed by atoms with Crippen molar-refractivity contribution in [1.29, 1.82) is 0 Å². The lowest BCUT2D eigenvalue weighted by Crippen LogP contribution is -2.50. The molecule has 4 rings (SSSR count). The minimum Gasteiger partial charge on any atom is -0.342 e. The smallest absolute Gasteiger partial charge is 0.324 e. The van der Waals surface area contributed by atoms with Crippen molar-refractivity contribution in [2.75, 3.05) is 26.2 Å². The van der Waals surface area contributed by atoms with Gasteiger partial charge >= 0.3 is 6.03 Å². The fourth-order valence-electron chi connectivity index (χ4n) is 3.76. The average molecular weight is 413 g/mol. The quantitative estimate of drug-likeness (QED) is 0.729. The lowest BCUT2D eigenvalue weighted by molar-refractivity contribution is -0.133. The number of imide groups is 1. The van der Waals surface area contributed by atoms with Crippen molar-refractivity contribution in [3.05, 3.63) is 24.5 Å². The predicted molar refractivity (Wildman–Crippen MR) is 103 cm³/mol. The maximum Gasteiger partial charge on any atom is 0.324 e. The third-order valence-corrected chi connectivity index (χ3v) is 5.33. The molecule has 2 aliphatic heterocycles. The highest BCUT2D eigenvalue weighted by Crippen LogP contribution is 2.22. The monoisotopic (exact) mass is 413 g/mol. The number of aromatic nitrogens is 4. The van der Waals surface area contributed by atoms with Crippen molar-refractivity contribution in [1.82, 2.24) is 35.2 Å². The molecule has 4 heterocycles. The first-order valence-corrected chi connectivity index (χ1v) is 10.0. The molecule has 2 aliphatic rings. The summed E-state index contributed by atoms with van der Waals surface area (Å²) in [4.78, 5) is 51.5. The molecule has 1 atom stereocenters. The Morgan fingerprint density at radius 2 is 2.17 bits per heavy atom. The molecule has 0 radical (unpaired) electrons. The van der Waals surface area contributed by atoms with Gasteiger partial charge in [0.25, 0.3) is 0 Å². The van der Waals surface area contributed by atoms with Crippen LogP contribution in [0.15, 0.2) is 23.1 Å². The fraction of sp³-hybridized carbons (Fsp3) is 0.526. The van der Waals surface area contributed by atoms with Crippen molar-refractivity contribution < 1.29 is 18.9 Å². The second-order valence-electron chi connectivity index (χ2n) is 7.49. The average Bonchev–Trinajstić information content (AvgIpc) is 3.22. The predicted octanol–water partition coefficient (Wildman–Crippen LogP) is 0.640. The maximum absolute atomic E-state index is 12.6. The summed E-state index contributed by atoms with van der Waals surface area (Å²) in [5.74, 6) is 0.888. The number of likely N-dealkylation sites (tertiary alicyclic amines) is 1. The van der Waals surface area contributed by atoms with Crippen molar-refractivity contribution in [2.24, 2.45) is 5.92 Å². The highest BCUT2D eigenvalue weighted by molar-refractivity contribution is 5.96. The summed E-state index contributed by atoms with van der Waals surface area (Å²) in [6, 6.07) is -0.425. The van der Waals surface area contributed by atoms with E-state index in [-0.39, 0.29) is 30.6 Å². The number of nitrogens with zero attached hydrogens (tertiary/aromatic N) is 6. The Bertz CT molecular complexity index is 917. The van der Waals surface area contributed by atoms with E-state index in [4.69, 9.17) is 4.52 Å². The molecule has 2 saturated heterocycles. The second kappa shape index (κ2) is 8.97. The number of piperidine rings is 1. The zero-order chi connectivity index (χ0) is 20.9. The Hall–Kier alpha value is -3.37. The number of urea groups is 1. The van der Waals surface area contributed by atoms with Crippen LogP contribution in [-0.2, 0) is 16.0 Å². The van der Waals surface area contributed by atoms with Gasteiger partial charge in [0.1, 0.15) is 5.69 Å². The molecule has 2 aromatic rings. The summed E-state index contributed by atoms with van der Waals surface area (Å²) in [7, 11) is 0. The van der Waals surface area contributed by atoms with Crippen molar-refractivity contribution in [3.63, 3.8) is 0 Å². The van der Waals surface area contributed by atoms with Gasteiger partial charge in [0.2, 0.25) is 23.5 Å². The zero-order valence-corrected chi connectivity index (χ0v) is 16.5. The standard InChI is InChI=1S/C19H23N7O4/c27-15-3-8-25(19(29)22-15)9-4-17(28)26-7-1-2-13(12-26)10-16-23-18(24-30-16)14-11-20-5-6-21-14/h5-6,11,13H,1-4,7-10,12H2,(H,22,27,29). The van der Waals surface area contributed by atoms with Gasteiger partial charge in [-0.25, -0.2) is 9.78 Å². The van der Waals surface area contributed by atoms with Crippen molar-refractivity contribution in [3.8, 4) is 11.5 Å². The van der Waals surface area contributed by atoms with E-state index in [1.165, 1.54) is 4.90 Å². The minimum atomic E-state index is -0.425. The Kier molecular flexibility index (Phi) is 5.96. The molecule has 1 N–H and O–H groups in total. The van der Waals surface area contributed by atoms with Crippen molar-refractivity contribution >= 4 is 17.8 Å². The lowest BCUT2D eigenvalue weighted by atomic mass is 9.94. The highest BCUT2D eigenvalue weighted by Gasteiger charge is 2.27. The third-order valence-electron chi connectivity index (χ3n) is 5.33. The first-order valence-electron chi connectivity index (χ1n) is 10.0. The van der Waals surface area contributed by atoms with Gasteiger partial charge < -0.3 is 14.3 Å². The van der Waals surface area contributed by atoms with Gasteiger partial charge in [0.05, 0.1) is 6.20 Å². The summed E-state index contributed by atoms with van der Waals surface area (Å²) in [5.41, 5.74) is 0.552. The number of nitrogens with one attached hydrogen (secondary N) is 1. The van der Waals surface area contributed by atoms with Crippen LogP contribution in [0.5, 0.6) is 0 Å². The van der Waals surface area contributed by atoms with Crippen LogP contribution in [0.2, 0.25) is 0 Å². The second-order valence-corrected chi connectivity index (χ2v) is 7.49. The van der Waals surface area contributed by atoms with Crippen LogP contribution in [0.25, 0.3) is 11.5 Å². The lowest BCUT2D eigenvalue weighted by Gasteiger charge is -2.33. The SMILES string of the molecule is O=C1CCN(CCC(=O)N2CCCC(Cc3nc(-c4cnccn4)no3)C2)C(=O)N1. The molecule has 0 spiro atoms. The molecule has 30 heavy (non-hydrogen) atoms. The van der Waals surface area contributed by atoms with E-state index in [0.29, 0.717) is 50.0 Å².